The molecule has 0 N–H and O–H groups in total. The second-order valence-corrected chi connectivity index (χ2v) is 6.16. The topological polar surface area (TPSA) is 46.3 Å². The summed E-state index contributed by atoms with van der Waals surface area (Å²) >= 11 is 1.62. The number of aromatic nitrogens is 1. The first-order valence-corrected chi connectivity index (χ1v) is 7.61. The number of benzene rings is 1. The summed E-state index contributed by atoms with van der Waals surface area (Å²) in [5.74, 6) is 0.401. The van der Waals surface area contributed by atoms with Crippen LogP contribution in [0, 0.1) is 6.92 Å². The first kappa shape index (κ1) is 14.0. The van der Waals surface area contributed by atoms with Crippen molar-refractivity contribution in [2.45, 2.75) is 13.5 Å². The van der Waals surface area contributed by atoms with E-state index in [-0.39, 0.29) is 5.78 Å². The summed E-state index contributed by atoms with van der Waals surface area (Å²) < 4.78 is 5.60. The molecule has 3 aromatic rings. The number of likely N-dealkylation sites (N-methyl/N-ethyl adjacent to an activating group) is 1. The number of rotatable bonds is 5. The maximum Gasteiger partial charge on any atom is 0.211 e. The largest absolute Gasteiger partial charge is 0.453 e. The third-order valence-electron chi connectivity index (χ3n) is 3.21. The monoisotopic (exact) mass is 300 g/mol. The minimum Gasteiger partial charge on any atom is -0.453 e. The summed E-state index contributed by atoms with van der Waals surface area (Å²) in [7, 11) is 1.91. The summed E-state index contributed by atoms with van der Waals surface area (Å²) in [6.07, 6.45) is 0. The van der Waals surface area contributed by atoms with Crippen molar-refractivity contribution in [3.05, 3.63) is 52.2 Å². The van der Waals surface area contributed by atoms with E-state index in [1.54, 1.807) is 17.4 Å². The molecule has 0 spiro atoms. The van der Waals surface area contributed by atoms with E-state index in [2.05, 4.69) is 4.98 Å². The number of hydrogen-bond donors (Lipinski definition) is 0. The first-order chi connectivity index (χ1) is 10.1. The zero-order valence-electron chi connectivity index (χ0n) is 12.0. The highest BCUT2D eigenvalue weighted by molar-refractivity contribution is 7.09. The van der Waals surface area contributed by atoms with Crippen molar-refractivity contribution in [1.82, 2.24) is 9.88 Å². The molecule has 0 aliphatic rings. The Morgan fingerprint density at radius 1 is 1.38 bits per heavy atom. The molecule has 108 valence electrons. The number of thiazole rings is 1. The number of hydrogen-bond acceptors (Lipinski definition) is 5. The molecule has 3 rings (SSSR count). The number of Topliss-reactive ketones (excluding diaryl/α,β-unsaturated/α-hetero) is 1. The summed E-state index contributed by atoms with van der Waals surface area (Å²) in [6.45, 7) is 2.96. The van der Waals surface area contributed by atoms with E-state index in [0.717, 1.165) is 21.7 Å². The fourth-order valence-corrected chi connectivity index (χ4v) is 2.86. The molecule has 0 saturated heterocycles. The number of carbonyl (C=O) groups is 1. The summed E-state index contributed by atoms with van der Waals surface area (Å²) in [5, 5.41) is 4.03. The van der Waals surface area contributed by atoms with Gasteiger partial charge in [0.25, 0.3) is 0 Å². The van der Waals surface area contributed by atoms with Crippen molar-refractivity contribution in [1.29, 1.82) is 0 Å². The van der Waals surface area contributed by atoms with E-state index in [4.69, 9.17) is 4.42 Å². The normalized spacial score (nSPS) is 11.4. The van der Waals surface area contributed by atoms with Gasteiger partial charge in [-0.3, -0.25) is 9.69 Å². The molecule has 0 saturated carbocycles. The number of carbonyl (C=O) groups excluding carboxylic acids is 1. The van der Waals surface area contributed by atoms with Gasteiger partial charge < -0.3 is 4.42 Å². The Bertz CT molecular complexity index is 742. The van der Waals surface area contributed by atoms with Crippen molar-refractivity contribution in [3.8, 4) is 0 Å². The molecule has 0 aliphatic heterocycles. The van der Waals surface area contributed by atoms with Gasteiger partial charge in [-0.05, 0) is 26.1 Å². The maximum atomic E-state index is 12.3. The van der Waals surface area contributed by atoms with Crippen LogP contribution in [0.25, 0.3) is 11.0 Å². The van der Waals surface area contributed by atoms with Crippen LogP contribution in [-0.4, -0.2) is 29.3 Å². The van der Waals surface area contributed by atoms with Crippen LogP contribution in [0.15, 0.2) is 40.1 Å². The van der Waals surface area contributed by atoms with Gasteiger partial charge in [-0.1, -0.05) is 18.2 Å². The number of para-hydroxylation sites is 1. The van der Waals surface area contributed by atoms with E-state index in [0.29, 0.717) is 18.8 Å². The zero-order chi connectivity index (χ0) is 14.8. The Balaban J connectivity index is 1.67. The minimum atomic E-state index is -0.0133. The van der Waals surface area contributed by atoms with Gasteiger partial charge in [0.05, 0.1) is 17.2 Å². The number of furan rings is 1. The highest BCUT2D eigenvalue weighted by atomic mass is 32.1. The van der Waals surface area contributed by atoms with Crippen LogP contribution in [0.3, 0.4) is 0 Å². The van der Waals surface area contributed by atoms with Gasteiger partial charge in [-0.15, -0.1) is 11.3 Å². The standard InChI is InChI=1S/C16H16N2O2S/c1-11-17-13(10-21-11)8-18(2)9-14(19)16-7-12-5-3-4-6-15(12)20-16/h3-7,10H,8-9H2,1-2H3. The smallest absolute Gasteiger partial charge is 0.211 e. The average Bonchev–Trinajstić information content (AvgIpc) is 3.04. The average molecular weight is 300 g/mol. The lowest BCUT2D eigenvalue weighted by atomic mass is 10.2. The molecular weight excluding hydrogens is 284 g/mol. The zero-order valence-corrected chi connectivity index (χ0v) is 12.8. The van der Waals surface area contributed by atoms with E-state index < -0.39 is 0 Å². The molecular formula is C16H16N2O2S. The van der Waals surface area contributed by atoms with Crippen molar-refractivity contribution >= 4 is 28.1 Å². The number of nitrogens with zero attached hydrogens (tertiary/aromatic N) is 2. The maximum absolute atomic E-state index is 12.3. The summed E-state index contributed by atoms with van der Waals surface area (Å²) in [6, 6.07) is 9.45. The van der Waals surface area contributed by atoms with Crippen molar-refractivity contribution < 1.29 is 9.21 Å². The molecule has 0 unspecified atom stereocenters. The third kappa shape index (κ3) is 3.20. The van der Waals surface area contributed by atoms with E-state index in [9.17, 15) is 4.79 Å². The molecule has 2 heterocycles. The number of ketones is 1. The SMILES string of the molecule is Cc1nc(CN(C)CC(=O)c2cc3ccccc3o2)cs1. The predicted molar refractivity (Wildman–Crippen MR) is 83.7 cm³/mol. The Kier molecular flexibility index (Phi) is 3.86. The van der Waals surface area contributed by atoms with E-state index >= 15 is 0 Å². The van der Waals surface area contributed by atoms with Crippen LogP contribution in [0.5, 0.6) is 0 Å². The fourth-order valence-electron chi connectivity index (χ4n) is 2.26. The highest BCUT2D eigenvalue weighted by Gasteiger charge is 2.15. The third-order valence-corrected chi connectivity index (χ3v) is 4.03. The van der Waals surface area contributed by atoms with Gasteiger partial charge in [0.2, 0.25) is 5.78 Å². The Morgan fingerprint density at radius 3 is 2.90 bits per heavy atom. The van der Waals surface area contributed by atoms with E-state index in [1.165, 1.54) is 0 Å². The van der Waals surface area contributed by atoms with Gasteiger partial charge in [0, 0.05) is 17.3 Å². The summed E-state index contributed by atoms with van der Waals surface area (Å²) in [4.78, 5) is 18.6. The van der Waals surface area contributed by atoms with Crippen LogP contribution >= 0.6 is 11.3 Å². The fraction of sp³-hybridized carbons (Fsp3) is 0.250. The first-order valence-electron chi connectivity index (χ1n) is 6.73. The van der Waals surface area contributed by atoms with Crippen molar-refractivity contribution in [3.63, 3.8) is 0 Å². The molecule has 0 aliphatic carbocycles. The lowest BCUT2D eigenvalue weighted by Crippen LogP contribution is -2.25. The second-order valence-electron chi connectivity index (χ2n) is 5.10. The Morgan fingerprint density at radius 2 is 2.19 bits per heavy atom. The lowest BCUT2D eigenvalue weighted by molar-refractivity contribution is 0.0917. The van der Waals surface area contributed by atoms with Gasteiger partial charge in [0.1, 0.15) is 5.58 Å². The number of aryl methyl sites for hydroxylation is 1. The molecule has 5 heteroatoms. The molecule has 1 aromatic carbocycles. The molecule has 21 heavy (non-hydrogen) atoms. The van der Waals surface area contributed by atoms with Gasteiger partial charge in [0.15, 0.2) is 5.76 Å². The minimum absolute atomic E-state index is 0.0133. The lowest BCUT2D eigenvalue weighted by Gasteiger charge is -2.13. The molecule has 4 nitrogen and oxygen atoms in total. The number of fused-ring (bicyclic) bond motifs is 1. The molecule has 0 radical (unpaired) electrons. The molecule has 0 atom stereocenters. The van der Waals surface area contributed by atoms with Crippen LogP contribution < -0.4 is 0 Å². The molecule has 0 amide bonds. The van der Waals surface area contributed by atoms with Crippen LogP contribution in [-0.2, 0) is 6.54 Å². The van der Waals surface area contributed by atoms with Gasteiger partial charge >= 0.3 is 0 Å². The van der Waals surface area contributed by atoms with Gasteiger partial charge in [-0.2, -0.15) is 0 Å². The van der Waals surface area contributed by atoms with Gasteiger partial charge in [-0.25, -0.2) is 4.98 Å². The van der Waals surface area contributed by atoms with Crippen LogP contribution in [0.1, 0.15) is 21.3 Å². The molecule has 0 bridgehead atoms. The molecule has 0 fully saturated rings. The van der Waals surface area contributed by atoms with Crippen molar-refractivity contribution in [2.24, 2.45) is 0 Å². The molecule has 2 aromatic heterocycles. The van der Waals surface area contributed by atoms with Crippen LogP contribution in [0.2, 0.25) is 0 Å². The quantitative estimate of drug-likeness (QED) is 0.676. The van der Waals surface area contributed by atoms with Crippen molar-refractivity contribution in [2.75, 3.05) is 13.6 Å². The van der Waals surface area contributed by atoms with E-state index in [1.807, 2.05) is 48.5 Å². The Hall–Kier alpha value is -1.98. The second kappa shape index (κ2) is 5.79. The predicted octanol–water partition coefficient (Wildman–Crippen LogP) is 3.51. The highest BCUT2D eigenvalue weighted by Crippen LogP contribution is 2.19. The van der Waals surface area contributed by atoms with Crippen LogP contribution in [0.4, 0.5) is 0 Å². The Labute approximate surface area is 127 Å². The summed E-state index contributed by atoms with van der Waals surface area (Å²) in [5.41, 5.74) is 1.75.